The Morgan fingerprint density at radius 1 is 1.10 bits per heavy atom. The highest BCUT2D eigenvalue weighted by Gasteiger charge is 2.21. The lowest BCUT2D eigenvalue weighted by molar-refractivity contribution is 0.0935. The van der Waals surface area contributed by atoms with Gasteiger partial charge in [0.2, 0.25) is 5.95 Å². The molecular weight excluding hydrogens is 392 g/mol. The van der Waals surface area contributed by atoms with E-state index in [1.54, 1.807) is 6.20 Å². The second-order valence-electron chi connectivity index (χ2n) is 7.68. The van der Waals surface area contributed by atoms with Crippen molar-refractivity contribution in [1.29, 1.82) is 0 Å². The van der Waals surface area contributed by atoms with Crippen molar-refractivity contribution in [3.05, 3.63) is 77.1 Å². The van der Waals surface area contributed by atoms with Crippen LogP contribution in [0.4, 0.5) is 5.95 Å². The zero-order valence-electron chi connectivity index (χ0n) is 18.0. The molecule has 2 heterocycles. The highest BCUT2D eigenvalue weighted by molar-refractivity contribution is 5.95. The summed E-state index contributed by atoms with van der Waals surface area (Å²) in [4.78, 5) is 23.7. The Kier molecular flexibility index (Phi) is 6.02. The normalized spacial score (nSPS) is 13.4. The lowest BCUT2D eigenvalue weighted by Gasteiger charge is -2.23. The molecule has 160 valence electrons. The first kappa shape index (κ1) is 20.7. The number of carbonyl (C=O) groups excluding carboxylic acids is 1. The van der Waals surface area contributed by atoms with Crippen LogP contribution < -0.4 is 19.7 Å². The maximum Gasteiger partial charge on any atom is 0.255 e. The molecule has 1 aromatic heterocycles. The lowest BCUT2D eigenvalue weighted by atomic mass is 9.97. The van der Waals surface area contributed by atoms with Gasteiger partial charge in [-0.25, -0.2) is 9.97 Å². The number of anilines is 1. The molecule has 0 fully saturated rings. The molecule has 4 rings (SSSR count). The third-order valence-electron chi connectivity index (χ3n) is 5.17. The summed E-state index contributed by atoms with van der Waals surface area (Å²) in [7, 11) is 3.73. The van der Waals surface area contributed by atoms with Crippen molar-refractivity contribution >= 4 is 11.9 Å². The Bertz CT molecular complexity index is 1070. The molecule has 1 aliphatic heterocycles. The number of hydrogen-bond donors (Lipinski definition) is 1. The average Bonchev–Trinajstić information content (AvgIpc) is 2.78. The van der Waals surface area contributed by atoms with E-state index >= 15 is 0 Å². The fourth-order valence-electron chi connectivity index (χ4n) is 3.51. The van der Waals surface area contributed by atoms with E-state index in [1.165, 1.54) is 0 Å². The van der Waals surface area contributed by atoms with Gasteiger partial charge in [0.1, 0.15) is 13.2 Å². The third-order valence-corrected chi connectivity index (χ3v) is 5.17. The summed E-state index contributed by atoms with van der Waals surface area (Å²) < 4.78 is 11.4. The molecule has 3 aromatic rings. The molecule has 0 saturated carbocycles. The maximum atomic E-state index is 13.1. The average molecular weight is 418 g/mol. The van der Waals surface area contributed by atoms with Crippen molar-refractivity contribution < 1.29 is 14.3 Å². The number of aromatic nitrogens is 2. The fraction of sp³-hybridized carbons (Fsp3) is 0.292. The maximum absolute atomic E-state index is 13.1. The summed E-state index contributed by atoms with van der Waals surface area (Å²) >= 11 is 0. The first-order valence-corrected chi connectivity index (χ1v) is 10.3. The molecule has 7 heteroatoms. The van der Waals surface area contributed by atoms with E-state index in [0.29, 0.717) is 42.6 Å². The molecule has 0 unspecified atom stereocenters. The summed E-state index contributed by atoms with van der Waals surface area (Å²) in [6.45, 7) is 2.87. The van der Waals surface area contributed by atoms with Crippen LogP contribution in [0.1, 0.15) is 33.2 Å². The van der Waals surface area contributed by atoms with Crippen LogP contribution in [0.2, 0.25) is 0 Å². The quantitative estimate of drug-likeness (QED) is 0.662. The number of rotatable bonds is 6. The highest BCUT2D eigenvalue weighted by Crippen LogP contribution is 2.33. The van der Waals surface area contributed by atoms with Crippen molar-refractivity contribution in [1.82, 2.24) is 15.3 Å². The summed E-state index contributed by atoms with van der Waals surface area (Å²) in [6, 6.07) is 15.6. The molecule has 0 radical (unpaired) electrons. The van der Waals surface area contributed by atoms with Gasteiger partial charge in [-0.05, 0) is 36.6 Å². The molecule has 1 amide bonds. The fourth-order valence-corrected chi connectivity index (χ4v) is 3.51. The van der Waals surface area contributed by atoms with E-state index in [-0.39, 0.29) is 11.9 Å². The number of hydrogen-bond acceptors (Lipinski definition) is 6. The monoisotopic (exact) mass is 418 g/mol. The second-order valence-corrected chi connectivity index (χ2v) is 7.68. The number of nitrogens with zero attached hydrogens (tertiary/aromatic N) is 3. The number of aryl methyl sites for hydroxylation is 1. The van der Waals surface area contributed by atoms with Gasteiger partial charge in [0.15, 0.2) is 11.5 Å². The van der Waals surface area contributed by atoms with Gasteiger partial charge in [0, 0.05) is 20.3 Å². The smallest absolute Gasteiger partial charge is 0.255 e. The minimum absolute atomic E-state index is 0.210. The molecule has 1 aliphatic rings. The van der Waals surface area contributed by atoms with Crippen LogP contribution in [0.5, 0.6) is 11.5 Å². The van der Waals surface area contributed by atoms with Crippen molar-refractivity contribution in [2.75, 3.05) is 32.2 Å². The highest BCUT2D eigenvalue weighted by atomic mass is 16.6. The Morgan fingerprint density at radius 3 is 2.55 bits per heavy atom. The lowest BCUT2D eigenvalue weighted by Crippen LogP contribution is -2.31. The number of carbonyl (C=O) groups is 1. The Hall–Kier alpha value is -3.61. The van der Waals surface area contributed by atoms with Crippen molar-refractivity contribution in [3.8, 4) is 11.5 Å². The summed E-state index contributed by atoms with van der Waals surface area (Å²) in [5.74, 6) is 1.79. The Balaban J connectivity index is 1.62. The van der Waals surface area contributed by atoms with Crippen LogP contribution in [0, 0.1) is 6.92 Å². The molecule has 2 aromatic carbocycles. The van der Waals surface area contributed by atoms with Gasteiger partial charge in [-0.1, -0.05) is 36.4 Å². The van der Waals surface area contributed by atoms with Gasteiger partial charge in [0.25, 0.3) is 5.91 Å². The third kappa shape index (κ3) is 4.77. The minimum atomic E-state index is -0.251. The van der Waals surface area contributed by atoms with Crippen molar-refractivity contribution in [2.24, 2.45) is 0 Å². The number of fused-ring (bicyclic) bond motifs is 1. The zero-order chi connectivity index (χ0) is 21.8. The molecule has 0 spiro atoms. The van der Waals surface area contributed by atoms with E-state index in [2.05, 4.69) is 27.4 Å². The van der Waals surface area contributed by atoms with E-state index in [9.17, 15) is 4.79 Å². The molecule has 0 saturated heterocycles. The summed E-state index contributed by atoms with van der Waals surface area (Å²) in [6.07, 6.45) is 2.22. The van der Waals surface area contributed by atoms with Crippen LogP contribution >= 0.6 is 0 Å². The zero-order valence-corrected chi connectivity index (χ0v) is 18.0. The molecule has 1 N–H and O–H groups in total. The van der Waals surface area contributed by atoms with E-state index in [4.69, 9.17) is 9.47 Å². The number of benzene rings is 2. The number of ether oxygens (including phenoxy) is 2. The first-order chi connectivity index (χ1) is 15.0. The predicted octanol–water partition coefficient (Wildman–Crippen LogP) is 3.34. The number of nitrogens with one attached hydrogen (secondary N) is 1. The molecule has 0 aliphatic carbocycles. The molecule has 7 nitrogen and oxygen atoms in total. The molecular formula is C24H26N4O3. The summed E-state index contributed by atoms with van der Waals surface area (Å²) in [5, 5.41) is 3.17. The van der Waals surface area contributed by atoms with Gasteiger partial charge in [-0.3, -0.25) is 4.79 Å². The van der Waals surface area contributed by atoms with Crippen LogP contribution in [0.25, 0.3) is 0 Å². The van der Waals surface area contributed by atoms with Crippen LogP contribution in [-0.2, 0) is 6.42 Å². The van der Waals surface area contributed by atoms with Gasteiger partial charge in [-0.15, -0.1) is 0 Å². The largest absolute Gasteiger partial charge is 0.486 e. The summed E-state index contributed by atoms with van der Waals surface area (Å²) in [5.41, 5.74) is 3.17. The van der Waals surface area contributed by atoms with Gasteiger partial charge in [0.05, 0.1) is 17.3 Å². The Labute approximate surface area is 182 Å². The van der Waals surface area contributed by atoms with E-state index in [0.717, 1.165) is 16.9 Å². The molecule has 0 bridgehead atoms. The van der Waals surface area contributed by atoms with Crippen LogP contribution in [0.3, 0.4) is 0 Å². The van der Waals surface area contributed by atoms with Gasteiger partial charge < -0.3 is 19.7 Å². The van der Waals surface area contributed by atoms with Crippen LogP contribution in [0.15, 0.2) is 54.7 Å². The van der Waals surface area contributed by atoms with Crippen molar-refractivity contribution in [3.63, 3.8) is 0 Å². The number of amides is 1. The molecule has 1 atom stereocenters. The topological polar surface area (TPSA) is 76.6 Å². The second kappa shape index (κ2) is 9.04. The van der Waals surface area contributed by atoms with Gasteiger partial charge in [-0.2, -0.15) is 0 Å². The van der Waals surface area contributed by atoms with Crippen molar-refractivity contribution in [2.45, 2.75) is 19.4 Å². The SMILES string of the molecule is Cc1nc(N(C)C)ncc1C(=O)N[C@H](Cc1ccccc1)c1ccc2c(c1)OCCO2. The standard InChI is InChI=1S/C24H26N4O3/c1-16-19(15-25-24(26-16)28(2)3)23(29)27-20(13-17-7-5-4-6-8-17)18-9-10-21-22(14-18)31-12-11-30-21/h4-10,14-15,20H,11-13H2,1-3H3,(H,27,29)/t20-/m1/s1. The first-order valence-electron chi connectivity index (χ1n) is 10.3. The minimum Gasteiger partial charge on any atom is -0.486 e. The molecule has 31 heavy (non-hydrogen) atoms. The predicted molar refractivity (Wildman–Crippen MR) is 119 cm³/mol. The van der Waals surface area contributed by atoms with E-state index < -0.39 is 0 Å². The van der Waals surface area contributed by atoms with Gasteiger partial charge >= 0.3 is 0 Å². The van der Waals surface area contributed by atoms with E-state index in [1.807, 2.05) is 62.3 Å². The Morgan fingerprint density at radius 2 is 1.84 bits per heavy atom. The van der Waals surface area contributed by atoms with Crippen LogP contribution in [-0.4, -0.2) is 43.2 Å².